The smallest absolute Gasteiger partial charge is 0.418 e. The molecule has 0 saturated heterocycles. The number of ether oxygens (including phenoxy) is 1. The quantitative estimate of drug-likeness (QED) is 0.616. The lowest BCUT2D eigenvalue weighted by molar-refractivity contribution is -0.0967. The zero-order valence-corrected chi connectivity index (χ0v) is 9.72. The molecule has 0 spiro atoms. The van der Waals surface area contributed by atoms with E-state index in [1.54, 1.807) is 0 Å². The monoisotopic (exact) mass is 280 g/mol. The summed E-state index contributed by atoms with van der Waals surface area (Å²) in [5.41, 5.74) is -2.31. The summed E-state index contributed by atoms with van der Waals surface area (Å²) < 4.78 is 66.2. The molecule has 0 unspecified atom stereocenters. The van der Waals surface area contributed by atoms with Gasteiger partial charge in [0.1, 0.15) is 11.3 Å². The van der Waals surface area contributed by atoms with Crippen molar-refractivity contribution in [1.29, 1.82) is 0 Å². The Labute approximate surface area is 105 Å². The maximum atomic E-state index is 12.3. The van der Waals surface area contributed by atoms with E-state index < -0.39 is 30.0 Å². The fourth-order valence-corrected chi connectivity index (χ4v) is 1.40. The molecule has 0 N–H and O–H groups in total. The summed E-state index contributed by atoms with van der Waals surface area (Å²) in [6, 6.07) is 5.48. The third-order valence-electron chi connectivity index (χ3n) is 2.32. The summed E-state index contributed by atoms with van der Waals surface area (Å²) >= 11 is 0. The molecule has 1 aromatic rings. The SMILES string of the molecule is COc1ccccc1C(=O)CC(=C(F)F)C(F)(F)F. The van der Waals surface area contributed by atoms with Gasteiger partial charge in [-0.25, -0.2) is 0 Å². The first-order chi connectivity index (χ1) is 8.77. The Morgan fingerprint density at radius 1 is 1.21 bits per heavy atom. The summed E-state index contributed by atoms with van der Waals surface area (Å²) in [5.74, 6) is -1.05. The number of Topliss-reactive ketones (excluding diaryl/α,β-unsaturated/α-hetero) is 1. The Balaban J connectivity index is 3.06. The van der Waals surface area contributed by atoms with Crippen LogP contribution >= 0.6 is 0 Å². The number of halogens is 5. The second kappa shape index (κ2) is 5.81. The Hall–Kier alpha value is -1.92. The highest BCUT2D eigenvalue weighted by Crippen LogP contribution is 2.33. The summed E-state index contributed by atoms with van der Waals surface area (Å²) in [6.45, 7) is 0. The van der Waals surface area contributed by atoms with Gasteiger partial charge in [0.25, 0.3) is 6.08 Å². The van der Waals surface area contributed by atoms with Gasteiger partial charge in [0.05, 0.1) is 12.7 Å². The van der Waals surface area contributed by atoms with Crippen LogP contribution in [0.2, 0.25) is 0 Å². The molecular weight excluding hydrogens is 271 g/mol. The summed E-state index contributed by atoms with van der Waals surface area (Å²) in [7, 11) is 1.22. The van der Waals surface area contributed by atoms with Crippen LogP contribution in [0.4, 0.5) is 22.0 Å². The number of allylic oxidation sites excluding steroid dienone is 1. The molecule has 0 bridgehead atoms. The lowest BCUT2D eigenvalue weighted by Gasteiger charge is -2.11. The first-order valence-corrected chi connectivity index (χ1v) is 5.05. The van der Waals surface area contributed by atoms with E-state index in [1.807, 2.05) is 0 Å². The minimum absolute atomic E-state index is 0.0355. The molecule has 1 rings (SSSR count). The summed E-state index contributed by atoms with van der Waals surface area (Å²) in [4.78, 5) is 11.6. The van der Waals surface area contributed by atoms with E-state index in [4.69, 9.17) is 4.74 Å². The predicted molar refractivity (Wildman–Crippen MR) is 57.2 cm³/mol. The van der Waals surface area contributed by atoms with E-state index in [2.05, 4.69) is 0 Å². The number of alkyl halides is 3. The van der Waals surface area contributed by atoms with Crippen LogP contribution in [0.25, 0.3) is 0 Å². The molecule has 7 heteroatoms. The molecule has 0 atom stereocenters. The van der Waals surface area contributed by atoms with Crippen molar-refractivity contribution in [2.24, 2.45) is 0 Å². The van der Waals surface area contributed by atoms with Crippen molar-refractivity contribution in [3.8, 4) is 5.75 Å². The second-order valence-corrected chi connectivity index (χ2v) is 3.54. The van der Waals surface area contributed by atoms with Crippen molar-refractivity contribution in [3.05, 3.63) is 41.5 Å². The fraction of sp³-hybridized carbons (Fsp3) is 0.250. The maximum absolute atomic E-state index is 12.3. The normalized spacial score (nSPS) is 11.1. The average Bonchev–Trinajstić information content (AvgIpc) is 2.33. The van der Waals surface area contributed by atoms with Crippen molar-refractivity contribution in [1.82, 2.24) is 0 Å². The van der Waals surface area contributed by atoms with Crippen molar-refractivity contribution in [3.63, 3.8) is 0 Å². The van der Waals surface area contributed by atoms with Gasteiger partial charge in [0.15, 0.2) is 5.78 Å². The van der Waals surface area contributed by atoms with E-state index in [0.717, 1.165) is 0 Å². The van der Waals surface area contributed by atoms with Crippen LogP contribution in [0.5, 0.6) is 5.75 Å². The number of hydrogen-bond acceptors (Lipinski definition) is 2. The Morgan fingerprint density at radius 2 is 1.79 bits per heavy atom. The molecule has 2 nitrogen and oxygen atoms in total. The van der Waals surface area contributed by atoms with Gasteiger partial charge in [-0.15, -0.1) is 0 Å². The minimum Gasteiger partial charge on any atom is -0.496 e. The van der Waals surface area contributed by atoms with Crippen molar-refractivity contribution in [2.45, 2.75) is 12.6 Å². The zero-order valence-electron chi connectivity index (χ0n) is 9.72. The molecule has 0 aromatic heterocycles. The van der Waals surface area contributed by atoms with Crippen molar-refractivity contribution < 1.29 is 31.5 Å². The lowest BCUT2D eigenvalue weighted by atomic mass is 10.0. The molecule has 104 valence electrons. The molecule has 1 aromatic carbocycles. The molecule has 0 radical (unpaired) electrons. The molecule has 0 fully saturated rings. The van der Waals surface area contributed by atoms with Crippen LogP contribution in [0.3, 0.4) is 0 Å². The first kappa shape index (κ1) is 15.1. The molecule has 19 heavy (non-hydrogen) atoms. The van der Waals surface area contributed by atoms with Gasteiger partial charge in [-0.05, 0) is 12.1 Å². The Morgan fingerprint density at radius 3 is 2.26 bits per heavy atom. The van der Waals surface area contributed by atoms with Crippen LogP contribution in [0, 0.1) is 0 Å². The van der Waals surface area contributed by atoms with Crippen LogP contribution < -0.4 is 4.74 Å². The summed E-state index contributed by atoms with van der Waals surface area (Å²) in [5, 5.41) is 0. The number of para-hydroxylation sites is 1. The van der Waals surface area contributed by atoms with Gasteiger partial charge >= 0.3 is 6.18 Å². The number of hydrogen-bond donors (Lipinski definition) is 0. The predicted octanol–water partition coefficient (Wildman–Crippen LogP) is 3.98. The van der Waals surface area contributed by atoms with Gasteiger partial charge in [-0.2, -0.15) is 22.0 Å². The molecule has 0 aliphatic carbocycles. The van der Waals surface area contributed by atoms with Gasteiger partial charge in [-0.3, -0.25) is 4.79 Å². The number of carbonyl (C=O) groups is 1. The van der Waals surface area contributed by atoms with Crippen molar-refractivity contribution >= 4 is 5.78 Å². The molecule has 0 saturated carbocycles. The van der Waals surface area contributed by atoms with Gasteiger partial charge in [0, 0.05) is 6.42 Å². The largest absolute Gasteiger partial charge is 0.496 e. The third-order valence-corrected chi connectivity index (χ3v) is 2.32. The van der Waals surface area contributed by atoms with Crippen LogP contribution in [-0.2, 0) is 0 Å². The van der Waals surface area contributed by atoms with Crippen LogP contribution in [0.15, 0.2) is 35.9 Å². The van der Waals surface area contributed by atoms with Crippen molar-refractivity contribution in [2.75, 3.05) is 7.11 Å². The molecule has 0 heterocycles. The number of carbonyl (C=O) groups excluding carboxylic acids is 1. The lowest BCUT2D eigenvalue weighted by Crippen LogP contribution is -2.17. The molecule has 0 aliphatic rings. The highest BCUT2D eigenvalue weighted by atomic mass is 19.4. The van der Waals surface area contributed by atoms with E-state index >= 15 is 0 Å². The topological polar surface area (TPSA) is 26.3 Å². The minimum atomic E-state index is -5.24. The molecule has 0 aliphatic heterocycles. The molecule has 0 amide bonds. The first-order valence-electron chi connectivity index (χ1n) is 5.05. The fourth-order valence-electron chi connectivity index (χ4n) is 1.40. The van der Waals surface area contributed by atoms with E-state index in [0.29, 0.717) is 0 Å². The van der Waals surface area contributed by atoms with Crippen LogP contribution in [-0.4, -0.2) is 19.1 Å². The van der Waals surface area contributed by atoms with E-state index in [1.165, 1.54) is 31.4 Å². The summed E-state index contributed by atoms with van der Waals surface area (Å²) in [6.07, 6.45) is -9.57. The van der Waals surface area contributed by atoms with Gasteiger partial charge < -0.3 is 4.74 Å². The maximum Gasteiger partial charge on any atom is 0.418 e. The Kier molecular flexibility index (Phi) is 4.63. The zero-order chi connectivity index (χ0) is 14.6. The highest BCUT2D eigenvalue weighted by molar-refractivity contribution is 6.00. The standard InChI is InChI=1S/C12H9F5O2/c1-19-10-5-3-2-4-7(10)9(18)6-8(11(13)14)12(15,16)17/h2-5H,6H2,1H3. The van der Waals surface area contributed by atoms with Crippen LogP contribution in [0.1, 0.15) is 16.8 Å². The van der Waals surface area contributed by atoms with E-state index in [-0.39, 0.29) is 11.3 Å². The Bertz CT molecular complexity index is 501. The second-order valence-electron chi connectivity index (χ2n) is 3.54. The number of methoxy groups -OCH3 is 1. The van der Waals surface area contributed by atoms with Gasteiger partial charge in [0.2, 0.25) is 0 Å². The molecular formula is C12H9F5O2. The average molecular weight is 280 g/mol. The number of benzene rings is 1. The number of ketones is 1. The third kappa shape index (κ3) is 3.77. The van der Waals surface area contributed by atoms with Gasteiger partial charge in [-0.1, -0.05) is 12.1 Å². The van der Waals surface area contributed by atoms with E-state index in [9.17, 15) is 26.7 Å². The highest BCUT2D eigenvalue weighted by Gasteiger charge is 2.39. The number of rotatable bonds is 4.